The number of aromatic amines is 1. The van der Waals surface area contributed by atoms with Crippen molar-refractivity contribution in [1.82, 2.24) is 10.2 Å². The Morgan fingerprint density at radius 1 is 0.882 bits per heavy atom. The fourth-order valence-electron chi connectivity index (χ4n) is 2.02. The number of nitrogens with zero attached hydrogens (tertiary/aromatic N) is 1. The minimum absolute atomic E-state index is 0.163. The standard InChI is InChI=1S/C14H10N2O/c17-14-13(8-9-15-16-14)12-7-3-5-10-4-1-2-6-11(10)12/h1-9H,(H,16,17). The second kappa shape index (κ2) is 3.87. The molecule has 0 radical (unpaired) electrons. The molecule has 0 bridgehead atoms. The number of H-pyrrole nitrogens is 1. The summed E-state index contributed by atoms with van der Waals surface area (Å²) in [7, 11) is 0. The summed E-state index contributed by atoms with van der Waals surface area (Å²) in [6, 6.07) is 15.7. The molecule has 0 aliphatic rings. The number of hydrogen-bond acceptors (Lipinski definition) is 2. The molecule has 3 heteroatoms. The van der Waals surface area contributed by atoms with Crippen molar-refractivity contribution >= 4 is 10.8 Å². The van der Waals surface area contributed by atoms with Crippen molar-refractivity contribution in [2.75, 3.05) is 0 Å². The number of aromatic nitrogens is 2. The van der Waals surface area contributed by atoms with Crippen LogP contribution >= 0.6 is 0 Å². The maximum atomic E-state index is 11.7. The lowest BCUT2D eigenvalue weighted by Gasteiger charge is -2.05. The maximum absolute atomic E-state index is 11.7. The predicted molar refractivity (Wildman–Crippen MR) is 67.8 cm³/mol. The van der Waals surface area contributed by atoms with Crippen LogP contribution in [0, 0.1) is 0 Å². The van der Waals surface area contributed by atoms with Crippen LogP contribution in [0.1, 0.15) is 0 Å². The third-order valence-corrected chi connectivity index (χ3v) is 2.81. The van der Waals surface area contributed by atoms with Gasteiger partial charge >= 0.3 is 0 Å². The van der Waals surface area contributed by atoms with Crippen LogP contribution in [0.3, 0.4) is 0 Å². The van der Waals surface area contributed by atoms with Crippen molar-refractivity contribution in [2.45, 2.75) is 0 Å². The Morgan fingerprint density at radius 2 is 1.71 bits per heavy atom. The van der Waals surface area contributed by atoms with E-state index in [2.05, 4.69) is 10.2 Å². The summed E-state index contributed by atoms with van der Waals surface area (Å²) in [5, 5.41) is 8.37. The van der Waals surface area contributed by atoms with Gasteiger partial charge in [0.1, 0.15) is 0 Å². The zero-order valence-electron chi connectivity index (χ0n) is 9.05. The first kappa shape index (κ1) is 9.78. The Hall–Kier alpha value is -2.42. The first-order chi connectivity index (χ1) is 8.36. The van der Waals surface area contributed by atoms with Crippen molar-refractivity contribution in [3.63, 3.8) is 0 Å². The smallest absolute Gasteiger partial charge is 0.267 e. The van der Waals surface area contributed by atoms with Crippen LogP contribution in [-0.2, 0) is 0 Å². The molecule has 0 amide bonds. The molecule has 3 aromatic rings. The second-order valence-electron chi connectivity index (χ2n) is 3.83. The van der Waals surface area contributed by atoms with Gasteiger partial charge in [0.05, 0.1) is 5.56 Å². The highest BCUT2D eigenvalue weighted by molar-refractivity contribution is 5.96. The summed E-state index contributed by atoms with van der Waals surface area (Å²) in [6.45, 7) is 0. The molecule has 0 fully saturated rings. The van der Waals surface area contributed by atoms with Gasteiger partial charge in [-0.15, -0.1) is 0 Å². The van der Waals surface area contributed by atoms with E-state index in [9.17, 15) is 4.79 Å². The van der Waals surface area contributed by atoms with E-state index in [0.717, 1.165) is 16.3 Å². The SMILES string of the molecule is O=c1[nH]nccc1-c1cccc2ccccc12. The number of rotatable bonds is 1. The van der Waals surface area contributed by atoms with E-state index in [-0.39, 0.29) is 5.56 Å². The van der Waals surface area contributed by atoms with Crippen molar-refractivity contribution in [2.24, 2.45) is 0 Å². The number of fused-ring (bicyclic) bond motifs is 1. The Bertz CT molecular complexity index is 726. The van der Waals surface area contributed by atoms with Crippen molar-refractivity contribution in [3.8, 4) is 11.1 Å². The van der Waals surface area contributed by atoms with Crippen molar-refractivity contribution in [3.05, 3.63) is 65.1 Å². The maximum Gasteiger partial charge on any atom is 0.272 e. The van der Waals surface area contributed by atoms with E-state index in [1.54, 1.807) is 12.3 Å². The van der Waals surface area contributed by atoms with Gasteiger partial charge in [-0.1, -0.05) is 42.5 Å². The summed E-state index contributed by atoms with van der Waals surface area (Å²) in [6.07, 6.45) is 1.60. The zero-order valence-corrected chi connectivity index (χ0v) is 9.05. The third-order valence-electron chi connectivity index (χ3n) is 2.81. The number of nitrogens with one attached hydrogen (secondary N) is 1. The molecule has 0 spiro atoms. The van der Waals surface area contributed by atoms with Crippen LogP contribution in [0.15, 0.2) is 59.5 Å². The topological polar surface area (TPSA) is 45.8 Å². The van der Waals surface area contributed by atoms with Gasteiger partial charge in [0.2, 0.25) is 0 Å². The first-order valence-corrected chi connectivity index (χ1v) is 5.38. The highest BCUT2D eigenvalue weighted by Crippen LogP contribution is 2.25. The molecule has 0 atom stereocenters. The lowest BCUT2D eigenvalue weighted by Crippen LogP contribution is -2.09. The van der Waals surface area contributed by atoms with Gasteiger partial charge < -0.3 is 0 Å². The van der Waals surface area contributed by atoms with Gasteiger partial charge in [0, 0.05) is 6.20 Å². The van der Waals surface area contributed by atoms with E-state index in [1.807, 2.05) is 42.5 Å². The molecule has 0 aliphatic carbocycles. The van der Waals surface area contributed by atoms with Crippen LogP contribution in [0.2, 0.25) is 0 Å². The van der Waals surface area contributed by atoms with E-state index in [1.165, 1.54) is 0 Å². The molecule has 82 valence electrons. The van der Waals surface area contributed by atoms with Gasteiger partial charge in [-0.25, -0.2) is 5.10 Å². The molecule has 1 N–H and O–H groups in total. The summed E-state index contributed by atoms with van der Waals surface area (Å²) in [5.41, 5.74) is 1.42. The molecule has 17 heavy (non-hydrogen) atoms. The lowest BCUT2D eigenvalue weighted by atomic mass is 10.00. The molecule has 3 rings (SSSR count). The molecule has 0 saturated heterocycles. The monoisotopic (exact) mass is 222 g/mol. The molecule has 0 unspecified atom stereocenters. The average Bonchev–Trinajstić information content (AvgIpc) is 2.39. The molecule has 0 saturated carbocycles. The molecule has 0 aliphatic heterocycles. The van der Waals surface area contributed by atoms with Gasteiger partial charge in [0.25, 0.3) is 5.56 Å². The lowest BCUT2D eigenvalue weighted by molar-refractivity contribution is 0.992. The van der Waals surface area contributed by atoms with E-state index in [4.69, 9.17) is 0 Å². The third kappa shape index (κ3) is 1.61. The Balaban J connectivity index is 2.39. The Kier molecular flexibility index (Phi) is 2.22. The highest BCUT2D eigenvalue weighted by Gasteiger charge is 2.06. The fourth-order valence-corrected chi connectivity index (χ4v) is 2.02. The van der Waals surface area contributed by atoms with Gasteiger partial charge in [0.15, 0.2) is 0 Å². The molecule has 1 aromatic heterocycles. The van der Waals surface area contributed by atoms with Crippen molar-refractivity contribution < 1.29 is 0 Å². The second-order valence-corrected chi connectivity index (χ2v) is 3.83. The van der Waals surface area contributed by atoms with E-state index < -0.39 is 0 Å². The fraction of sp³-hybridized carbons (Fsp3) is 0. The first-order valence-electron chi connectivity index (χ1n) is 5.38. The number of hydrogen-bond donors (Lipinski definition) is 1. The Morgan fingerprint density at radius 3 is 2.59 bits per heavy atom. The predicted octanol–water partition coefficient (Wildman–Crippen LogP) is 2.59. The van der Waals surface area contributed by atoms with Crippen LogP contribution in [0.25, 0.3) is 21.9 Å². The summed E-state index contributed by atoms with van der Waals surface area (Å²) >= 11 is 0. The number of benzene rings is 2. The van der Waals surface area contributed by atoms with Crippen LogP contribution in [-0.4, -0.2) is 10.2 Å². The zero-order chi connectivity index (χ0) is 11.7. The normalized spacial score (nSPS) is 10.6. The molecule has 1 heterocycles. The summed E-state index contributed by atoms with van der Waals surface area (Å²) in [4.78, 5) is 11.7. The summed E-state index contributed by atoms with van der Waals surface area (Å²) < 4.78 is 0. The molecule has 3 nitrogen and oxygen atoms in total. The minimum Gasteiger partial charge on any atom is -0.267 e. The van der Waals surface area contributed by atoms with E-state index in [0.29, 0.717) is 5.56 Å². The largest absolute Gasteiger partial charge is 0.272 e. The quantitative estimate of drug-likeness (QED) is 0.687. The van der Waals surface area contributed by atoms with Crippen LogP contribution in [0.4, 0.5) is 0 Å². The minimum atomic E-state index is -0.163. The van der Waals surface area contributed by atoms with Crippen molar-refractivity contribution in [1.29, 1.82) is 0 Å². The molecule has 2 aromatic carbocycles. The average molecular weight is 222 g/mol. The molecular weight excluding hydrogens is 212 g/mol. The molecular formula is C14H10N2O. The van der Waals surface area contributed by atoms with Gasteiger partial charge in [-0.2, -0.15) is 5.10 Å². The highest BCUT2D eigenvalue weighted by atomic mass is 16.1. The van der Waals surface area contributed by atoms with E-state index >= 15 is 0 Å². The van der Waals surface area contributed by atoms with Gasteiger partial charge in [-0.05, 0) is 22.4 Å². The van der Waals surface area contributed by atoms with Gasteiger partial charge in [-0.3, -0.25) is 4.79 Å². The summed E-state index contributed by atoms with van der Waals surface area (Å²) in [5.74, 6) is 0. The Labute approximate surface area is 97.7 Å². The van der Waals surface area contributed by atoms with Crippen LogP contribution in [0.5, 0.6) is 0 Å². The van der Waals surface area contributed by atoms with Crippen LogP contribution < -0.4 is 5.56 Å².